The SMILES string of the molecule is CCc1nsc(N2CCC(C(=N)N)CC2)n1. The highest BCUT2D eigenvalue weighted by Crippen LogP contribution is 2.24. The summed E-state index contributed by atoms with van der Waals surface area (Å²) in [4.78, 5) is 6.72. The van der Waals surface area contributed by atoms with Crippen molar-refractivity contribution < 1.29 is 0 Å². The monoisotopic (exact) mass is 239 g/mol. The van der Waals surface area contributed by atoms with Crippen LogP contribution in [0, 0.1) is 11.3 Å². The quantitative estimate of drug-likeness (QED) is 0.614. The number of piperidine rings is 1. The summed E-state index contributed by atoms with van der Waals surface area (Å²) in [7, 11) is 0. The molecule has 0 saturated carbocycles. The van der Waals surface area contributed by atoms with Crippen LogP contribution in [0.25, 0.3) is 0 Å². The van der Waals surface area contributed by atoms with E-state index in [0.717, 1.165) is 43.3 Å². The zero-order valence-corrected chi connectivity index (χ0v) is 10.3. The van der Waals surface area contributed by atoms with Crippen molar-refractivity contribution in [3.63, 3.8) is 0 Å². The van der Waals surface area contributed by atoms with E-state index in [0.29, 0.717) is 5.84 Å². The van der Waals surface area contributed by atoms with Gasteiger partial charge in [-0.25, -0.2) is 4.98 Å². The van der Waals surface area contributed by atoms with Crippen LogP contribution in [0.1, 0.15) is 25.6 Å². The zero-order chi connectivity index (χ0) is 11.5. The first kappa shape index (κ1) is 11.3. The van der Waals surface area contributed by atoms with Crippen LogP contribution >= 0.6 is 11.5 Å². The zero-order valence-electron chi connectivity index (χ0n) is 9.44. The van der Waals surface area contributed by atoms with E-state index in [1.807, 2.05) is 0 Å². The molecular weight excluding hydrogens is 222 g/mol. The van der Waals surface area contributed by atoms with Crippen LogP contribution in [0.5, 0.6) is 0 Å². The molecule has 0 radical (unpaired) electrons. The Bertz CT molecular complexity index is 367. The predicted octanol–water partition coefficient (Wildman–Crippen LogP) is 1.25. The molecule has 0 bridgehead atoms. The van der Waals surface area contributed by atoms with Gasteiger partial charge in [-0.1, -0.05) is 6.92 Å². The van der Waals surface area contributed by atoms with Crippen molar-refractivity contribution in [1.29, 1.82) is 5.41 Å². The highest BCUT2D eigenvalue weighted by molar-refractivity contribution is 7.09. The Morgan fingerprint density at radius 3 is 2.75 bits per heavy atom. The molecule has 2 rings (SSSR count). The molecule has 1 fully saturated rings. The Balaban J connectivity index is 1.96. The molecule has 1 aliphatic rings. The summed E-state index contributed by atoms with van der Waals surface area (Å²) < 4.78 is 4.29. The normalized spacial score (nSPS) is 17.7. The number of anilines is 1. The van der Waals surface area contributed by atoms with Crippen molar-refractivity contribution in [3.8, 4) is 0 Å². The van der Waals surface area contributed by atoms with Crippen LogP contribution in [0.4, 0.5) is 5.13 Å². The number of hydrogen-bond donors (Lipinski definition) is 2. The van der Waals surface area contributed by atoms with E-state index in [2.05, 4.69) is 21.2 Å². The second kappa shape index (κ2) is 4.78. The summed E-state index contributed by atoms with van der Waals surface area (Å²) >= 11 is 1.47. The fourth-order valence-corrected chi connectivity index (χ4v) is 2.70. The largest absolute Gasteiger partial charge is 0.387 e. The minimum absolute atomic E-state index is 0.259. The van der Waals surface area contributed by atoms with E-state index in [9.17, 15) is 0 Å². The van der Waals surface area contributed by atoms with E-state index in [4.69, 9.17) is 11.1 Å². The van der Waals surface area contributed by atoms with E-state index in [1.165, 1.54) is 11.5 Å². The summed E-state index contributed by atoms with van der Waals surface area (Å²) in [6.45, 7) is 3.93. The fraction of sp³-hybridized carbons (Fsp3) is 0.700. The van der Waals surface area contributed by atoms with Crippen LogP contribution in [0.3, 0.4) is 0 Å². The Kier molecular flexibility index (Phi) is 3.38. The Hall–Kier alpha value is -1.17. The maximum Gasteiger partial charge on any atom is 0.205 e. The molecule has 0 atom stereocenters. The van der Waals surface area contributed by atoms with Gasteiger partial charge in [0.15, 0.2) is 0 Å². The van der Waals surface area contributed by atoms with Crippen LogP contribution in [-0.2, 0) is 6.42 Å². The third-order valence-electron chi connectivity index (χ3n) is 2.98. The van der Waals surface area contributed by atoms with Gasteiger partial charge >= 0.3 is 0 Å². The van der Waals surface area contributed by atoms with Crippen molar-refractivity contribution in [2.75, 3.05) is 18.0 Å². The number of hydrogen-bond acceptors (Lipinski definition) is 5. The van der Waals surface area contributed by atoms with Gasteiger partial charge in [0.2, 0.25) is 5.13 Å². The molecule has 16 heavy (non-hydrogen) atoms. The molecule has 1 aliphatic heterocycles. The first-order valence-corrected chi connectivity index (χ1v) is 6.39. The molecule has 0 amide bonds. The number of aryl methyl sites for hydroxylation is 1. The molecule has 1 saturated heterocycles. The predicted molar refractivity (Wildman–Crippen MR) is 66.1 cm³/mol. The lowest BCUT2D eigenvalue weighted by Gasteiger charge is -2.30. The van der Waals surface area contributed by atoms with Gasteiger partial charge in [0, 0.05) is 37.0 Å². The highest BCUT2D eigenvalue weighted by Gasteiger charge is 2.23. The number of nitrogens with two attached hydrogens (primary N) is 1. The van der Waals surface area contributed by atoms with Crippen molar-refractivity contribution >= 4 is 22.5 Å². The highest BCUT2D eigenvalue weighted by atomic mass is 32.1. The molecule has 1 aromatic rings. The topological polar surface area (TPSA) is 78.9 Å². The second-order valence-electron chi connectivity index (χ2n) is 4.06. The number of aromatic nitrogens is 2. The maximum absolute atomic E-state index is 7.43. The smallest absolute Gasteiger partial charge is 0.205 e. The summed E-state index contributed by atoms with van der Waals surface area (Å²) in [5.41, 5.74) is 5.52. The van der Waals surface area contributed by atoms with E-state index in [1.54, 1.807) is 0 Å². The van der Waals surface area contributed by atoms with Crippen molar-refractivity contribution in [2.24, 2.45) is 11.7 Å². The van der Waals surface area contributed by atoms with Crippen LogP contribution in [-0.4, -0.2) is 28.3 Å². The van der Waals surface area contributed by atoms with Crippen LogP contribution < -0.4 is 10.6 Å². The van der Waals surface area contributed by atoms with E-state index >= 15 is 0 Å². The molecule has 0 unspecified atom stereocenters. The van der Waals surface area contributed by atoms with Gasteiger partial charge in [-0.15, -0.1) is 0 Å². The fourth-order valence-electron chi connectivity index (χ4n) is 1.90. The maximum atomic E-state index is 7.43. The van der Waals surface area contributed by atoms with Gasteiger partial charge in [-0.3, -0.25) is 5.41 Å². The van der Waals surface area contributed by atoms with Gasteiger partial charge < -0.3 is 10.6 Å². The molecule has 0 aliphatic carbocycles. The van der Waals surface area contributed by atoms with Gasteiger partial charge in [-0.05, 0) is 12.8 Å². The lowest BCUT2D eigenvalue weighted by Crippen LogP contribution is -2.38. The molecule has 3 N–H and O–H groups in total. The number of amidine groups is 1. The minimum atomic E-state index is 0.259. The van der Waals surface area contributed by atoms with Gasteiger partial charge in [0.1, 0.15) is 5.82 Å². The molecule has 0 aromatic carbocycles. The van der Waals surface area contributed by atoms with Gasteiger partial charge in [-0.2, -0.15) is 4.37 Å². The van der Waals surface area contributed by atoms with E-state index < -0.39 is 0 Å². The van der Waals surface area contributed by atoms with Crippen molar-refractivity contribution in [1.82, 2.24) is 9.36 Å². The molecule has 2 heterocycles. The van der Waals surface area contributed by atoms with Crippen LogP contribution in [0.2, 0.25) is 0 Å². The second-order valence-corrected chi connectivity index (χ2v) is 4.79. The Morgan fingerprint density at radius 2 is 2.25 bits per heavy atom. The van der Waals surface area contributed by atoms with Crippen LogP contribution in [0.15, 0.2) is 0 Å². The Morgan fingerprint density at radius 1 is 1.56 bits per heavy atom. The van der Waals surface area contributed by atoms with Crippen molar-refractivity contribution in [2.45, 2.75) is 26.2 Å². The molecule has 6 heteroatoms. The average molecular weight is 239 g/mol. The van der Waals surface area contributed by atoms with Gasteiger partial charge in [0.05, 0.1) is 5.84 Å². The number of rotatable bonds is 3. The van der Waals surface area contributed by atoms with Crippen molar-refractivity contribution in [3.05, 3.63) is 5.82 Å². The standard InChI is InChI=1S/C10H17N5S/c1-2-8-13-10(16-14-8)15-5-3-7(4-6-15)9(11)12/h7H,2-6H2,1H3,(H3,11,12). The minimum Gasteiger partial charge on any atom is -0.387 e. The summed E-state index contributed by atoms with van der Waals surface area (Å²) in [5, 5.41) is 8.44. The Labute approximate surface area is 99.4 Å². The third kappa shape index (κ3) is 2.32. The summed E-state index contributed by atoms with van der Waals surface area (Å²) in [6, 6.07) is 0. The average Bonchev–Trinajstić information content (AvgIpc) is 2.77. The lowest BCUT2D eigenvalue weighted by atomic mass is 9.96. The number of nitrogens with one attached hydrogen (secondary N) is 1. The number of nitrogens with zero attached hydrogens (tertiary/aromatic N) is 3. The summed E-state index contributed by atoms with van der Waals surface area (Å²) in [5.74, 6) is 1.51. The molecule has 88 valence electrons. The molecule has 5 nitrogen and oxygen atoms in total. The third-order valence-corrected chi connectivity index (χ3v) is 3.79. The van der Waals surface area contributed by atoms with Gasteiger partial charge in [0.25, 0.3) is 0 Å². The molecule has 0 spiro atoms. The summed E-state index contributed by atoms with van der Waals surface area (Å²) in [6.07, 6.45) is 2.80. The first-order chi connectivity index (χ1) is 7.70. The molecular formula is C10H17N5S. The lowest BCUT2D eigenvalue weighted by molar-refractivity contribution is 0.497. The first-order valence-electron chi connectivity index (χ1n) is 5.62. The molecule has 1 aromatic heterocycles. The van der Waals surface area contributed by atoms with E-state index in [-0.39, 0.29) is 5.92 Å².